The van der Waals surface area contributed by atoms with E-state index in [0.29, 0.717) is 21.3 Å². The Hall–Kier alpha value is -3.19. The van der Waals surface area contributed by atoms with E-state index in [1.807, 2.05) is 30.3 Å². The number of hydrogen-bond acceptors (Lipinski definition) is 5. The third-order valence-electron chi connectivity index (χ3n) is 3.62. The summed E-state index contributed by atoms with van der Waals surface area (Å²) in [5.41, 5.74) is 2.99. The van der Waals surface area contributed by atoms with Crippen LogP contribution in [0.2, 0.25) is 0 Å². The highest BCUT2D eigenvalue weighted by molar-refractivity contribution is 7.16. The molecule has 0 saturated heterocycles. The topological polar surface area (TPSA) is 99.5 Å². The Morgan fingerprint density at radius 1 is 0.923 bits per heavy atom. The van der Waals surface area contributed by atoms with Crippen LogP contribution in [0.15, 0.2) is 54.6 Å². The second-order valence-electron chi connectivity index (χ2n) is 5.62. The van der Waals surface area contributed by atoms with Crippen molar-refractivity contribution in [3.05, 3.63) is 65.0 Å². The zero-order valence-electron chi connectivity index (χ0n) is 13.7. The highest BCUT2D eigenvalue weighted by Gasteiger charge is 2.16. The molecule has 0 fully saturated rings. The zero-order valence-corrected chi connectivity index (χ0v) is 14.5. The Morgan fingerprint density at radius 3 is 2.19 bits per heavy atom. The number of rotatable bonds is 7. The van der Waals surface area contributed by atoms with Gasteiger partial charge < -0.3 is 15.5 Å². The summed E-state index contributed by atoms with van der Waals surface area (Å²) in [6.45, 7) is 0. The van der Waals surface area contributed by atoms with Crippen LogP contribution >= 0.6 is 11.3 Å². The molecule has 3 aromatic rings. The van der Waals surface area contributed by atoms with Gasteiger partial charge in [-0.2, -0.15) is 0 Å². The number of carboxylic acid groups (broad SMARTS) is 2. The maximum absolute atomic E-state index is 11.2. The van der Waals surface area contributed by atoms with E-state index in [0.717, 1.165) is 11.3 Å². The number of aromatic nitrogens is 1. The third-order valence-corrected chi connectivity index (χ3v) is 4.59. The summed E-state index contributed by atoms with van der Waals surface area (Å²) in [6, 6.07) is 16.5. The summed E-state index contributed by atoms with van der Waals surface area (Å²) in [5, 5.41) is 21.7. The number of thiazole rings is 1. The van der Waals surface area contributed by atoms with Gasteiger partial charge in [-0.1, -0.05) is 42.5 Å². The molecule has 0 aliphatic heterocycles. The van der Waals surface area contributed by atoms with Crippen LogP contribution in [0, 0.1) is 0 Å². The van der Waals surface area contributed by atoms with Crippen molar-refractivity contribution in [1.82, 2.24) is 4.98 Å². The van der Waals surface area contributed by atoms with Crippen molar-refractivity contribution < 1.29 is 19.8 Å². The van der Waals surface area contributed by atoms with Crippen molar-refractivity contribution in [2.75, 3.05) is 5.32 Å². The van der Waals surface area contributed by atoms with Crippen molar-refractivity contribution in [1.29, 1.82) is 0 Å². The predicted molar refractivity (Wildman–Crippen MR) is 100.0 cm³/mol. The molecule has 0 radical (unpaired) electrons. The number of nitrogens with one attached hydrogen (secondary N) is 1. The molecule has 0 spiro atoms. The fraction of sp³-hybridized carbons (Fsp3) is 0.105. The summed E-state index contributed by atoms with van der Waals surface area (Å²) >= 11 is 1.30. The van der Waals surface area contributed by atoms with Crippen LogP contribution in [-0.4, -0.2) is 27.1 Å². The lowest BCUT2D eigenvalue weighted by Crippen LogP contribution is -1.99. The van der Waals surface area contributed by atoms with Crippen molar-refractivity contribution in [2.24, 2.45) is 0 Å². The molecule has 1 heterocycles. The summed E-state index contributed by atoms with van der Waals surface area (Å²) in [6.07, 6.45) is -0.125. The fourth-order valence-electron chi connectivity index (χ4n) is 2.49. The number of benzene rings is 2. The van der Waals surface area contributed by atoms with Crippen LogP contribution in [0.5, 0.6) is 0 Å². The van der Waals surface area contributed by atoms with Gasteiger partial charge >= 0.3 is 11.9 Å². The average molecular weight is 368 g/mol. The number of aliphatic carboxylic acids is 2. The Balaban J connectivity index is 1.85. The van der Waals surface area contributed by atoms with Gasteiger partial charge in [0.2, 0.25) is 0 Å². The van der Waals surface area contributed by atoms with Gasteiger partial charge in [0, 0.05) is 16.1 Å². The second-order valence-corrected chi connectivity index (χ2v) is 6.70. The van der Waals surface area contributed by atoms with Crippen LogP contribution in [-0.2, 0) is 22.4 Å². The van der Waals surface area contributed by atoms with E-state index in [1.54, 1.807) is 24.3 Å². The van der Waals surface area contributed by atoms with Gasteiger partial charge in [0.15, 0.2) is 5.13 Å². The molecule has 6 nitrogen and oxygen atoms in total. The lowest BCUT2D eigenvalue weighted by molar-refractivity contribution is -0.137. The van der Waals surface area contributed by atoms with Crippen LogP contribution in [0.3, 0.4) is 0 Å². The van der Waals surface area contributed by atoms with E-state index in [4.69, 9.17) is 10.2 Å². The summed E-state index contributed by atoms with van der Waals surface area (Å²) in [5.74, 6) is -1.79. The van der Waals surface area contributed by atoms with Crippen LogP contribution in [0.1, 0.15) is 10.4 Å². The highest BCUT2D eigenvalue weighted by Crippen LogP contribution is 2.33. The van der Waals surface area contributed by atoms with Crippen molar-refractivity contribution in [3.63, 3.8) is 0 Å². The standard InChI is InChI=1S/C19H16N2O4S/c22-16(23)10-12-6-8-14(9-7-12)20-19-21-18(13-4-2-1-3-5-13)15(26-19)11-17(24)25/h1-9H,10-11H2,(H,20,21)(H,22,23)(H,24,25). The first kappa shape index (κ1) is 17.6. The maximum atomic E-state index is 11.2. The quantitative estimate of drug-likeness (QED) is 0.586. The smallest absolute Gasteiger partial charge is 0.308 e. The highest BCUT2D eigenvalue weighted by atomic mass is 32.1. The molecule has 1 aromatic heterocycles. The molecular weight excluding hydrogens is 352 g/mol. The molecule has 3 N–H and O–H groups in total. The predicted octanol–water partition coefficient (Wildman–Crippen LogP) is 3.81. The molecule has 0 bridgehead atoms. The number of nitrogens with zero attached hydrogens (tertiary/aromatic N) is 1. The van der Waals surface area contributed by atoms with Gasteiger partial charge in [0.1, 0.15) is 0 Å². The molecular formula is C19H16N2O4S. The Morgan fingerprint density at radius 2 is 1.58 bits per heavy atom. The monoisotopic (exact) mass is 368 g/mol. The van der Waals surface area contributed by atoms with E-state index in [2.05, 4.69) is 10.3 Å². The average Bonchev–Trinajstić information content (AvgIpc) is 2.98. The molecule has 132 valence electrons. The Bertz CT molecular complexity index is 920. The van der Waals surface area contributed by atoms with Crippen molar-refractivity contribution >= 4 is 34.1 Å². The van der Waals surface area contributed by atoms with Crippen LogP contribution in [0.4, 0.5) is 10.8 Å². The molecule has 0 amide bonds. The van der Waals surface area contributed by atoms with Gasteiger partial charge in [0.25, 0.3) is 0 Å². The van der Waals surface area contributed by atoms with Crippen molar-refractivity contribution in [2.45, 2.75) is 12.8 Å². The van der Waals surface area contributed by atoms with E-state index >= 15 is 0 Å². The molecule has 2 aromatic carbocycles. The molecule has 0 saturated carbocycles. The molecule has 7 heteroatoms. The van der Waals surface area contributed by atoms with Gasteiger partial charge in [0.05, 0.1) is 18.5 Å². The minimum atomic E-state index is -0.907. The molecule has 3 rings (SSSR count). The largest absolute Gasteiger partial charge is 0.481 e. The van der Waals surface area contributed by atoms with Gasteiger partial charge in [-0.3, -0.25) is 9.59 Å². The Labute approximate surface area is 153 Å². The minimum absolute atomic E-state index is 0.0293. The first-order valence-electron chi connectivity index (χ1n) is 7.86. The van der Waals surface area contributed by atoms with Gasteiger partial charge in [-0.05, 0) is 17.7 Å². The van der Waals surface area contributed by atoms with Gasteiger partial charge in [-0.25, -0.2) is 4.98 Å². The van der Waals surface area contributed by atoms with Crippen LogP contribution in [0.25, 0.3) is 11.3 Å². The second kappa shape index (κ2) is 7.79. The number of carbonyl (C=O) groups is 2. The first-order chi connectivity index (χ1) is 12.5. The molecule has 26 heavy (non-hydrogen) atoms. The molecule has 0 atom stereocenters. The van der Waals surface area contributed by atoms with Crippen LogP contribution < -0.4 is 5.32 Å². The molecule has 0 unspecified atom stereocenters. The Kier molecular flexibility index (Phi) is 5.28. The third kappa shape index (κ3) is 4.46. The number of hydrogen-bond donors (Lipinski definition) is 3. The normalized spacial score (nSPS) is 10.5. The lowest BCUT2D eigenvalue weighted by Gasteiger charge is -2.03. The van der Waals surface area contributed by atoms with E-state index in [-0.39, 0.29) is 12.8 Å². The van der Waals surface area contributed by atoms with Crippen molar-refractivity contribution in [3.8, 4) is 11.3 Å². The first-order valence-corrected chi connectivity index (χ1v) is 8.67. The van der Waals surface area contributed by atoms with E-state index in [9.17, 15) is 9.59 Å². The zero-order chi connectivity index (χ0) is 18.5. The minimum Gasteiger partial charge on any atom is -0.481 e. The SMILES string of the molecule is O=C(O)Cc1ccc(Nc2nc(-c3ccccc3)c(CC(=O)O)s2)cc1. The maximum Gasteiger partial charge on any atom is 0.308 e. The molecule has 0 aliphatic rings. The lowest BCUT2D eigenvalue weighted by atomic mass is 10.1. The molecule has 0 aliphatic carbocycles. The number of carboxylic acids is 2. The summed E-state index contributed by atoms with van der Waals surface area (Å²) in [7, 11) is 0. The fourth-order valence-corrected chi connectivity index (χ4v) is 3.48. The van der Waals surface area contributed by atoms with E-state index in [1.165, 1.54) is 11.3 Å². The number of anilines is 2. The summed E-state index contributed by atoms with van der Waals surface area (Å²) < 4.78 is 0. The van der Waals surface area contributed by atoms with E-state index < -0.39 is 11.9 Å². The summed E-state index contributed by atoms with van der Waals surface area (Å²) in [4.78, 5) is 27.1. The van der Waals surface area contributed by atoms with Gasteiger partial charge in [-0.15, -0.1) is 11.3 Å².